The summed E-state index contributed by atoms with van der Waals surface area (Å²) in [6.45, 7) is 8.44. The average Bonchev–Trinajstić information content (AvgIpc) is 2.38. The Kier molecular flexibility index (Phi) is 4.93. The molecule has 0 bridgehead atoms. The maximum atomic E-state index is 6.52. The van der Waals surface area contributed by atoms with E-state index in [1.807, 2.05) is 11.8 Å². The molecule has 1 aromatic carbocycles. The van der Waals surface area contributed by atoms with Crippen molar-refractivity contribution in [2.24, 2.45) is 11.7 Å². The third-order valence-corrected chi connectivity index (χ3v) is 4.67. The van der Waals surface area contributed by atoms with Gasteiger partial charge in [-0.3, -0.25) is 0 Å². The summed E-state index contributed by atoms with van der Waals surface area (Å²) in [7, 11) is 0. The monoisotopic (exact) mass is 279 g/mol. The molecule has 0 amide bonds. The fourth-order valence-electron chi connectivity index (χ4n) is 2.51. The van der Waals surface area contributed by atoms with E-state index in [1.165, 1.54) is 10.5 Å². The van der Waals surface area contributed by atoms with Crippen molar-refractivity contribution in [1.29, 1.82) is 0 Å². The fraction of sp³-hybridized carbons (Fsp3) is 0.625. The van der Waals surface area contributed by atoms with Gasteiger partial charge in [0.25, 0.3) is 0 Å². The summed E-state index contributed by atoms with van der Waals surface area (Å²) in [5.41, 5.74) is 7.82. The molecule has 1 heterocycles. The number of rotatable bonds is 3. The van der Waals surface area contributed by atoms with Crippen LogP contribution in [0.2, 0.25) is 0 Å². The minimum absolute atomic E-state index is 0.134. The van der Waals surface area contributed by atoms with Crippen LogP contribution in [0.1, 0.15) is 45.2 Å². The lowest BCUT2D eigenvalue weighted by Crippen LogP contribution is -2.28. The minimum atomic E-state index is 0.134. The second kappa shape index (κ2) is 6.29. The minimum Gasteiger partial charge on any atom is -0.381 e. The third-order valence-electron chi connectivity index (χ3n) is 3.47. The van der Waals surface area contributed by atoms with Gasteiger partial charge in [-0.15, -0.1) is 11.8 Å². The van der Waals surface area contributed by atoms with Crippen molar-refractivity contribution >= 4 is 11.8 Å². The number of ether oxygens (including phenoxy) is 1. The Hall–Kier alpha value is -0.510. The quantitative estimate of drug-likeness (QED) is 0.849. The van der Waals surface area contributed by atoms with Gasteiger partial charge in [0.05, 0.1) is 0 Å². The molecule has 1 saturated heterocycles. The zero-order chi connectivity index (χ0) is 13.9. The summed E-state index contributed by atoms with van der Waals surface area (Å²) in [6.07, 6.45) is 2.16. The number of nitrogens with two attached hydrogens (primary N) is 1. The summed E-state index contributed by atoms with van der Waals surface area (Å²) in [5, 5.41) is 0. The Morgan fingerprint density at radius 3 is 2.47 bits per heavy atom. The largest absolute Gasteiger partial charge is 0.381 e. The van der Waals surface area contributed by atoms with Crippen LogP contribution in [-0.4, -0.2) is 18.0 Å². The van der Waals surface area contributed by atoms with Gasteiger partial charge in [-0.05, 0) is 30.4 Å². The van der Waals surface area contributed by atoms with Crippen molar-refractivity contribution < 1.29 is 4.74 Å². The van der Waals surface area contributed by atoms with Gasteiger partial charge >= 0.3 is 0 Å². The number of hydrogen-bond acceptors (Lipinski definition) is 3. The van der Waals surface area contributed by atoms with Crippen LogP contribution in [0.5, 0.6) is 0 Å². The maximum absolute atomic E-state index is 6.52. The van der Waals surface area contributed by atoms with Crippen LogP contribution >= 0.6 is 11.8 Å². The molecule has 2 rings (SSSR count). The summed E-state index contributed by atoms with van der Waals surface area (Å²) >= 11 is 1.91. The first-order valence-corrected chi connectivity index (χ1v) is 7.90. The van der Waals surface area contributed by atoms with Gasteiger partial charge < -0.3 is 10.5 Å². The topological polar surface area (TPSA) is 35.2 Å². The molecule has 1 atom stereocenters. The van der Waals surface area contributed by atoms with Crippen molar-refractivity contribution in [2.75, 3.05) is 13.2 Å². The first kappa shape index (κ1) is 14.9. The molecular formula is C16H25NOS. The van der Waals surface area contributed by atoms with E-state index < -0.39 is 0 Å². The molecule has 2 N–H and O–H groups in total. The van der Waals surface area contributed by atoms with Crippen LogP contribution in [0.25, 0.3) is 0 Å². The normalized spacial score (nSPS) is 19.4. The lowest BCUT2D eigenvalue weighted by molar-refractivity contribution is 0.0581. The zero-order valence-corrected chi connectivity index (χ0v) is 13.0. The summed E-state index contributed by atoms with van der Waals surface area (Å²) in [6, 6.07) is 8.73. The Balaban J connectivity index is 2.18. The summed E-state index contributed by atoms with van der Waals surface area (Å²) in [4.78, 5) is 1.33. The van der Waals surface area contributed by atoms with Gasteiger partial charge in [0.2, 0.25) is 0 Å². The predicted molar refractivity (Wildman–Crippen MR) is 82.5 cm³/mol. The predicted octanol–water partition coefficient (Wildman–Crippen LogP) is 4.00. The molecule has 1 aliphatic rings. The van der Waals surface area contributed by atoms with Crippen molar-refractivity contribution in [3.8, 4) is 0 Å². The van der Waals surface area contributed by atoms with Crippen LogP contribution < -0.4 is 5.73 Å². The van der Waals surface area contributed by atoms with Crippen LogP contribution in [0.3, 0.4) is 0 Å². The van der Waals surface area contributed by atoms with Crippen LogP contribution in [0.15, 0.2) is 29.2 Å². The highest BCUT2D eigenvalue weighted by atomic mass is 32.2. The molecular weight excluding hydrogens is 254 g/mol. The van der Waals surface area contributed by atoms with Gasteiger partial charge in [-0.25, -0.2) is 0 Å². The molecule has 0 spiro atoms. The Morgan fingerprint density at radius 1 is 1.21 bits per heavy atom. The molecule has 0 radical (unpaired) electrons. The van der Waals surface area contributed by atoms with Crippen LogP contribution in [0, 0.1) is 5.92 Å². The Bertz CT molecular complexity index is 407. The lowest BCUT2D eigenvalue weighted by atomic mass is 9.88. The highest BCUT2D eigenvalue weighted by molar-refractivity contribution is 8.00. The van der Waals surface area contributed by atoms with Crippen LogP contribution in [0.4, 0.5) is 0 Å². The van der Waals surface area contributed by atoms with E-state index in [-0.39, 0.29) is 10.8 Å². The van der Waals surface area contributed by atoms with E-state index in [0.717, 1.165) is 26.1 Å². The van der Waals surface area contributed by atoms with Gasteiger partial charge in [0, 0.05) is 28.9 Å². The van der Waals surface area contributed by atoms with Gasteiger partial charge in [-0.2, -0.15) is 0 Å². The standard InChI is InChI=1S/C16H25NOS/c1-16(2,3)19-14-7-5-4-6-13(14)15(17)12-8-10-18-11-9-12/h4-7,12,15H,8-11,17H2,1-3H3/t15-/m1/s1. The molecule has 1 fully saturated rings. The highest BCUT2D eigenvalue weighted by Gasteiger charge is 2.25. The van der Waals surface area contributed by atoms with E-state index >= 15 is 0 Å². The molecule has 0 aliphatic carbocycles. The van der Waals surface area contributed by atoms with E-state index in [4.69, 9.17) is 10.5 Å². The Morgan fingerprint density at radius 2 is 1.84 bits per heavy atom. The van der Waals surface area contributed by atoms with Crippen molar-refractivity contribution in [3.63, 3.8) is 0 Å². The molecule has 3 heteroatoms. The molecule has 1 aliphatic heterocycles. The van der Waals surface area contributed by atoms with Crippen LogP contribution in [-0.2, 0) is 4.74 Å². The van der Waals surface area contributed by atoms with Gasteiger partial charge in [-0.1, -0.05) is 39.0 Å². The molecule has 0 unspecified atom stereocenters. The summed E-state index contributed by atoms with van der Waals surface area (Å²) in [5.74, 6) is 0.551. The summed E-state index contributed by atoms with van der Waals surface area (Å²) < 4.78 is 5.65. The zero-order valence-electron chi connectivity index (χ0n) is 12.2. The lowest BCUT2D eigenvalue weighted by Gasteiger charge is -2.30. The fourth-order valence-corrected chi connectivity index (χ4v) is 3.64. The van der Waals surface area contributed by atoms with E-state index in [9.17, 15) is 0 Å². The SMILES string of the molecule is CC(C)(C)Sc1ccccc1[C@H](N)C1CCOCC1. The van der Waals surface area contributed by atoms with E-state index in [0.29, 0.717) is 5.92 Å². The number of benzene rings is 1. The Labute approximate surface area is 121 Å². The number of thioether (sulfide) groups is 1. The van der Waals surface area contributed by atoms with Gasteiger partial charge in [0.1, 0.15) is 0 Å². The molecule has 0 aromatic heterocycles. The van der Waals surface area contributed by atoms with E-state index in [1.54, 1.807) is 0 Å². The molecule has 2 nitrogen and oxygen atoms in total. The second-order valence-electron chi connectivity index (χ2n) is 6.23. The van der Waals surface area contributed by atoms with Crippen molar-refractivity contribution in [2.45, 2.75) is 49.3 Å². The molecule has 0 saturated carbocycles. The van der Waals surface area contributed by atoms with E-state index in [2.05, 4.69) is 45.0 Å². The number of hydrogen-bond donors (Lipinski definition) is 1. The van der Waals surface area contributed by atoms with Crippen molar-refractivity contribution in [1.82, 2.24) is 0 Å². The molecule has 1 aromatic rings. The maximum Gasteiger partial charge on any atom is 0.0469 e. The first-order chi connectivity index (χ1) is 8.97. The van der Waals surface area contributed by atoms with Gasteiger partial charge in [0.15, 0.2) is 0 Å². The third kappa shape index (κ3) is 4.23. The first-order valence-electron chi connectivity index (χ1n) is 7.08. The highest BCUT2D eigenvalue weighted by Crippen LogP contribution is 2.38. The average molecular weight is 279 g/mol. The van der Waals surface area contributed by atoms with Crippen molar-refractivity contribution in [3.05, 3.63) is 29.8 Å². The molecule has 106 valence electrons. The smallest absolute Gasteiger partial charge is 0.0469 e. The second-order valence-corrected chi connectivity index (χ2v) is 8.10. The molecule has 19 heavy (non-hydrogen) atoms.